The molecule has 0 aromatic carbocycles. The Morgan fingerprint density at radius 1 is 1.40 bits per heavy atom. The Bertz CT molecular complexity index is 177. The fourth-order valence-electron chi connectivity index (χ4n) is 1.85. The Balaban J connectivity index is 4.11. The van der Waals surface area contributed by atoms with Gasteiger partial charge in [0.1, 0.15) is 6.29 Å². The molecule has 3 atom stereocenters. The zero-order valence-corrected chi connectivity index (χ0v) is 10.8. The molecule has 0 rings (SSSR count). The largest absolute Gasteiger partial charge is 0.319 e. The van der Waals surface area contributed by atoms with Crippen LogP contribution < -0.4 is 5.73 Å². The Morgan fingerprint density at radius 2 is 2.00 bits per heavy atom. The van der Waals surface area contributed by atoms with Crippen LogP contribution in [0, 0.1) is 11.8 Å². The van der Waals surface area contributed by atoms with Crippen LogP contribution in [-0.4, -0.2) is 11.8 Å². The van der Waals surface area contributed by atoms with Crippen LogP contribution in [0.3, 0.4) is 0 Å². The molecule has 0 aliphatic rings. The van der Waals surface area contributed by atoms with E-state index in [-0.39, 0.29) is 5.92 Å². The molecule has 0 saturated heterocycles. The van der Waals surface area contributed by atoms with Crippen LogP contribution in [0.4, 0.5) is 0 Å². The first-order valence-electron chi connectivity index (χ1n) is 6.23. The van der Waals surface area contributed by atoms with Gasteiger partial charge in [-0.25, -0.2) is 0 Å². The van der Waals surface area contributed by atoms with E-state index < -0.39 is 5.54 Å². The van der Waals surface area contributed by atoms with Crippen molar-refractivity contribution in [3.05, 3.63) is 0 Å². The lowest BCUT2D eigenvalue weighted by atomic mass is 9.80. The molecule has 3 unspecified atom stereocenters. The predicted molar refractivity (Wildman–Crippen MR) is 65.7 cm³/mol. The monoisotopic (exact) mass is 213 g/mol. The molecule has 2 N–H and O–H groups in total. The number of rotatable bonds is 8. The van der Waals surface area contributed by atoms with Crippen molar-refractivity contribution in [2.45, 2.75) is 65.3 Å². The Morgan fingerprint density at radius 3 is 2.40 bits per heavy atom. The third-order valence-corrected chi connectivity index (χ3v) is 3.55. The highest BCUT2D eigenvalue weighted by atomic mass is 16.1. The van der Waals surface area contributed by atoms with Gasteiger partial charge in [-0.2, -0.15) is 0 Å². The zero-order chi connectivity index (χ0) is 11.9. The molecular formula is C13H27NO. The maximum absolute atomic E-state index is 10.8. The number of carbonyl (C=O) groups is 1. The van der Waals surface area contributed by atoms with E-state index in [9.17, 15) is 4.79 Å². The summed E-state index contributed by atoms with van der Waals surface area (Å²) in [4.78, 5) is 10.8. The van der Waals surface area contributed by atoms with Crippen molar-refractivity contribution in [2.75, 3.05) is 0 Å². The molecular weight excluding hydrogens is 186 g/mol. The van der Waals surface area contributed by atoms with Crippen molar-refractivity contribution in [3.63, 3.8) is 0 Å². The molecule has 0 saturated carbocycles. The SMILES string of the molecule is CCCCC(CC)CC(C)C(C)(N)C=O. The van der Waals surface area contributed by atoms with Crippen molar-refractivity contribution in [2.24, 2.45) is 17.6 Å². The summed E-state index contributed by atoms with van der Waals surface area (Å²) in [6.45, 7) is 8.36. The lowest BCUT2D eigenvalue weighted by Gasteiger charge is -2.29. The number of aldehydes is 1. The minimum atomic E-state index is -0.653. The summed E-state index contributed by atoms with van der Waals surface area (Å²) in [5, 5.41) is 0. The van der Waals surface area contributed by atoms with E-state index in [1.807, 2.05) is 6.92 Å². The number of nitrogens with two attached hydrogens (primary N) is 1. The van der Waals surface area contributed by atoms with Crippen LogP contribution in [0.15, 0.2) is 0 Å². The van der Waals surface area contributed by atoms with Crippen LogP contribution in [0.25, 0.3) is 0 Å². The second kappa shape index (κ2) is 7.00. The lowest BCUT2D eigenvalue weighted by Crippen LogP contribution is -2.45. The van der Waals surface area contributed by atoms with Gasteiger partial charge in [-0.15, -0.1) is 0 Å². The zero-order valence-electron chi connectivity index (χ0n) is 10.8. The maximum Gasteiger partial charge on any atom is 0.139 e. The summed E-state index contributed by atoms with van der Waals surface area (Å²) in [5.74, 6) is 1.000. The van der Waals surface area contributed by atoms with E-state index in [4.69, 9.17) is 5.73 Å². The van der Waals surface area contributed by atoms with Gasteiger partial charge in [0.2, 0.25) is 0 Å². The third-order valence-electron chi connectivity index (χ3n) is 3.55. The van der Waals surface area contributed by atoms with Gasteiger partial charge in [0.05, 0.1) is 5.54 Å². The number of unbranched alkanes of at least 4 members (excludes halogenated alkanes) is 1. The molecule has 0 bridgehead atoms. The molecule has 15 heavy (non-hydrogen) atoms. The fraction of sp³-hybridized carbons (Fsp3) is 0.923. The summed E-state index contributed by atoms with van der Waals surface area (Å²) < 4.78 is 0. The quantitative estimate of drug-likeness (QED) is 0.629. The van der Waals surface area contributed by atoms with Crippen LogP contribution in [-0.2, 0) is 4.79 Å². The second-order valence-corrected chi connectivity index (χ2v) is 5.04. The predicted octanol–water partition coefficient (Wildman–Crippen LogP) is 3.15. The highest BCUT2D eigenvalue weighted by molar-refractivity contribution is 5.63. The standard InChI is InChI=1S/C13H27NO/c1-5-7-8-12(6-2)9-11(3)13(4,14)10-15/h10-12H,5-9,14H2,1-4H3. The Hall–Kier alpha value is -0.370. The first-order chi connectivity index (χ1) is 6.97. The van der Waals surface area contributed by atoms with E-state index in [1.54, 1.807) is 0 Å². The molecule has 0 radical (unpaired) electrons. The number of hydrogen-bond donors (Lipinski definition) is 1. The molecule has 0 fully saturated rings. The summed E-state index contributed by atoms with van der Waals surface area (Å²) in [7, 11) is 0. The molecule has 0 aromatic rings. The minimum Gasteiger partial charge on any atom is -0.319 e. The minimum absolute atomic E-state index is 0.275. The van der Waals surface area contributed by atoms with Gasteiger partial charge in [0.25, 0.3) is 0 Å². The maximum atomic E-state index is 10.8. The van der Waals surface area contributed by atoms with Gasteiger partial charge in [-0.05, 0) is 25.2 Å². The van der Waals surface area contributed by atoms with E-state index in [0.717, 1.165) is 18.6 Å². The van der Waals surface area contributed by atoms with E-state index in [0.29, 0.717) is 0 Å². The summed E-state index contributed by atoms with van der Waals surface area (Å²) in [6, 6.07) is 0. The van der Waals surface area contributed by atoms with Gasteiger partial charge in [-0.1, -0.05) is 46.5 Å². The van der Waals surface area contributed by atoms with Crippen molar-refractivity contribution in [1.29, 1.82) is 0 Å². The van der Waals surface area contributed by atoms with Crippen LogP contribution in [0.1, 0.15) is 59.8 Å². The number of hydrogen-bond acceptors (Lipinski definition) is 2. The molecule has 0 amide bonds. The van der Waals surface area contributed by atoms with Gasteiger partial charge in [0, 0.05) is 0 Å². The third kappa shape index (κ3) is 5.31. The summed E-state index contributed by atoms with van der Waals surface area (Å²) in [6.07, 6.45) is 6.96. The van der Waals surface area contributed by atoms with Gasteiger partial charge >= 0.3 is 0 Å². The molecule has 0 aromatic heterocycles. The fourth-order valence-corrected chi connectivity index (χ4v) is 1.85. The second-order valence-electron chi connectivity index (χ2n) is 5.04. The molecule has 2 nitrogen and oxygen atoms in total. The molecule has 90 valence electrons. The highest BCUT2D eigenvalue weighted by Gasteiger charge is 2.27. The molecule has 0 spiro atoms. The van der Waals surface area contributed by atoms with Crippen LogP contribution in [0.2, 0.25) is 0 Å². The molecule has 0 aliphatic heterocycles. The Kier molecular flexibility index (Phi) is 6.82. The van der Waals surface area contributed by atoms with Crippen molar-refractivity contribution in [1.82, 2.24) is 0 Å². The van der Waals surface area contributed by atoms with E-state index >= 15 is 0 Å². The summed E-state index contributed by atoms with van der Waals surface area (Å²) >= 11 is 0. The first kappa shape index (κ1) is 14.6. The van der Waals surface area contributed by atoms with Crippen molar-refractivity contribution < 1.29 is 4.79 Å². The Labute approximate surface area is 94.6 Å². The number of carbonyl (C=O) groups excluding carboxylic acids is 1. The molecule has 0 heterocycles. The van der Waals surface area contributed by atoms with Crippen LogP contribution >= 0.6 is 0 Å². The van der Waals surface area contributed by atoms with Crippen molar-refractivity contribution >= 4 is 6.29 Å². The topological polar surface area (TPSA) is 43.1 Å². The van der Waals surface area contributed by atoms with Gasteiger partial charge in [0.15, 0.2) is 0 Å². The molecule has 2 heteroatoms. The smallest absolute Gasteiger partial charge is 0.139 e. The average molecular weight is 213 g/mol. The van der Waals surface area contributed by atoms with Crippen LogP contribution in [0.5, 0.6) is 0 Å². The average Bonchev–Trinajstić information content (AvgIpc) is 2.23. The van der Waals surface area contributed by atoms with Gasteiger partial charge in [-0.3, -0.25) is 0 Å². The van der Waals surface area contributed by atoms with E-state index in [2.05, 4.69) is 20.8 Å². The van der Waals surface area contributed by atoms with E-state index in [1.165, 1.54) is 25.7 Å². The molecule has 0 aliphatic carbocycles. The lowest BCUT2D eigenvalue weighted by molar-refractivity contribution is -0.113. The van der Waals surface area contributed by atoms with Crippen molar-refractivity contribution in [3.8, 4) is 0 Å². The normalized spacial score (nSPS) is 19.3. The van der Waals surface area contributed by atoms with Gasteiger partial charge < -0.3 is 10.5 Å². The summed E-state index contributed by atoms with van der Waals surface area (Å²) in [5.41, 5.74) is 5.27. The highest BCUT2D eigenvalue weighted by Crippen LogP contribution is 2.26. The first-order valence-corrected chi connectivity index (χ1v) is 6.23.